The Morgan fingerprint density at radius 1 is 1.44 bits per heavy atom. The normalized spacial score (nSPS) is 10.2. The van der Waals surface area contributed by atoms with Crippen LogP contribution in [0.3, 0.4) is 0 Å². The van der Waals surface area contributed by atoms with Crippen LogP contribution in [-0.4, -0.2) is 17.0 Å². The van der Waals surface area contributed by atoms with Crippen LogP contribution in [0.15, 0.2) is 28.9 Å². The van der Waals surface area contributed by atoms with E-state index in [1.165, 1.54) is 24.4 Å². The van der Waals surface area contributed by atoms with E-state index in [-0.39, 0.29) is 16.7 Å². The van der Waals surface area contributed by atoms with Crippen molar-refractivity contribution in [2.75, 3.05) is 12.4 Å². The second-order valence-corrected chi connectivity index (χ2v) is 4.54. The van der Waals surface area contributed by atoms with E-state index >= 15 is 0 Å². The van der Waals surface area contributed by atoms with Gasteiger partial charge < -0.3 is 10.1 Å². The number of hydrogen-bond donors (Lipinski definition) is 1. The molecule has 7 heteroatoms. The Morgan fingerprint density at radius 3 is 2.89 bits per heavy atom. The highest BCUT2D eigenvalue weighted by Gasteiger charge is 2.10. The maximum atomic E-state index is 12.9. The number of halogens is 3. The minimum absolute atomic E-state index is 0.198. The predicted molar refractivity (Wildman–Crippen MR) is 70.8 cm³/mol. The molecule has 0 fully saturated rings. The van der Waals surface area contributed by atoms with Gasteiger partial charge in [-0.3, -0.25) is 0 Å². The van der Waals surface area contributed by atoms with Crippen molar-refractivity contribution in [3.8, 4) is 11.6 Å². The fraction of sp³-hybridized carbons (Fsp3) is 0.0909. The van der Waals surface area contributed by atoms with Gasteiger partial charge in [0.15, 0.2) is 0 Å². The third-order valence-corrected chi connectivity index (χ3v) is 2.92. The lowest BCUT2D eigenvalue weighted by molar-refractivity contribution is 0.458. The van der Waals surface area contributed by atoms with Gasteiger partial charge in [-0.1, -0.05) is 11.6 Å². The van der Waals surface area contributed by atoms with Crippen molar-refractivity contribution in [3.05, 3.63) is 39.7 Å². The monoisotopic (exact) mass is 331 g/mol. The summed E-state index contributed by atoms with van der Waals surface area (Å²) in [6.45, 7) is 0. The molecule has 0 radical (unpaired) electrons. The summed E-state index contributed by atoms with van der Waals surface area (Å²) in [5.74, 6) is 0.633. The van der Waals surface area contributed by atoms with Crippen molar-refractivity contribution >= 4 is 33.5 Å². The van der Waals surface area contributed by atoms with Gasteiger partial charge >= 0.3 is 0 Å². The van der Waals surface area contributed by atoms with Gasteiger partial charge in [-0.25, -0.2) is 9.37 Å². The molecule has 0 aliphatic heterocycles. The summed E-state index contributed by atoms with van der Waals surface area (Å²) in [4.78, 5) is 7.99. The van der Waals surface area contributed by atoms with E-state index in [1.54, 1.807) is 7.05 Å². The molecular formula is C11H8BrClFN3O. The van der Waals surface area contributed by atoms with Gasteiger partial charge in [-0.05, 0) is 34.1 Å². The van der Waals surface area contributed by atoms with E-state index in [2.05, 4.69) is 31.2 Å². The summed E-state index contributed by atoms with van der Waals surface area (Å²) in [5.41, 5.74) is 0. The highest BCUT2D eigenvalue weighted by molar-refractivity contribution is 9.10. The molecule has 18 heavy (non-hydrogen) atoms. The van der Waals surface area contributed by atoms with Gasteiger partial charge in [-0.2, -0.15) is 4.98 Å². The first-order valence-corrected chi connectivity index (χ1v) is 6.10. The molecule has 0 aliphatic carbocycles. The molecule has 0 bridgehead atoms. The van der Waals surface area contributed by atoms with Crippen LogP contribution >= 0.6 is 27.5 Å². The zero-order valence-electron chi connectivity index (χ0n) is 9.25. The molecule has 1 aromatic heterocycles. The van der Waals surface area contributed by atoms with E-state index < -0.39 is 0 Å². The number of rotatable bonds is 3. The lowest BCUT2D eigenvalue weighted by Crippen LogP contribution is -1.98. The van der Waals surface area contributed by atoms with Gasteiger partial charge in [0.2, 0.25) is 11.8 Å². The molecule has 2 aromatic rings. The SMILES string of the molecule is CNc1ncc(Cl)c(Oc2ccc(F)cc2Br)n1. The summed E-state index contributed by atoms with van der Waals surface area (Å²) in [6, 6.07) is 4.06. The van der Waals surface area contributed by atoms with Crippen LogP contribution in [0, 0.1) is 5.82 Å². The van der Waals surface area contributed by atoms with Crippen molar-refractivity contribution < 1.29 is 9.13 Å². The Hall–Kier alpha value is -1.40. The van der Waals surface area contributed by atoms with Crippen LogP contribution in [0.1, 0.15) is 0 Å². The van der Waals surface area contributed by atoms with Crippen LogP contribution in [0.5, 0.6) is 11.6 Å². The lowest BCUT2D eigenvalue weighted by Gasteiger charge is -2.09. The first-order valence-electron chi connectivity index (χ1n) is 4.93. The number of aromatic nitrogens is 2. The summed E-state index contributed by atoms with van der Waals surface area (Å²) in [6.07, 6.45) is 1.42. The van der Waals surface area contributed by atoms with Gasteiger partial charge in [0, 0.05) is 7.05 Å². The van der Waals surface area contributed by atoms with Gasteiger partial charge in [0.05, 0.1) is 10.7 Å². The minimum Gasteiger partial charge on any atom is -0.436 e. The predicted octanol–water partition coefficient (Wildman–Crippen LogP) is 3.87. The highest BCUT2D eigenvalue weighted by atomic mass is 79.9. The zero-order valence-corrected chi connectivity index (χ0v) is 11.6. The molecule has 0 spiro atoms. The quantitative estimate of drug-likeness (QED) is 0.927. The standard InChI is InChI=1S/C11H8BrClFN3O/c1-15-11-16-5-8(13)10(17-11)18-9-3-2-6(14)4-7(9)12/h2-5H,1H3,(H,15,16,17). The lowest BCUT2D eigenvalue weighted by atomic mass is 10.3. The average Bonchev–Trinajstić information content (AvgIpc) is 2.35. The molecule has 0 saturated carbocycles. The number of nitrogens with zero attached hydrogens (tertiary/aromatic N) is 2. The van der Waals surface area contributed by atoms with Crippen molar-refractivity contribution in [3.63, 3.8) is 0 Å². The Bertz CT molecular complexity index is 582. The maximum Gasteiger partial charge on any atom is 0.243 e. The molecule has 0 unspecified atom stereocenters. The molecule has 2 rings (SSSR count). The summed E-state index contributed by atoms with van der Waals surface area (Å²) in [7, 11) is 1.68. The maximum absolute atomic E-state index is 12.9. The summed E-state index contributed by atoms with van der Waals surface area (Å²) in [5, 5.41) is 3.04. The minimum atomic E-state index is -0.362. The fourth-order valence-electron chi connectivity index (χ4n) is 1.21. The topological polar surface area (TPSA) is 47.0 Å². The van der Waals surface area contributed by atoms with E-state index in [0.29, 0.717) is 16.2 Å². The van der Waals surface area contributed by atoms with Crippen LogP contribution in [0.4, 0.5) is 10.3 Å². The van der Waals surface area contributed by atoms with E-state index in [4.69, 9.17) is 16.3 Å². The van der Waals surface area contributed by atoms with Crippen molar-refractivity contribution in [2.45, 2.75) is 0 Å². The number of benzene rings is 1. The molecular weight excluding hydrogens is 324 g/mol. The Labute approximate surface area is 116 Å². The highest BCUT2D eigenvalue weighted by Crippen LogP contribution is 2.32. The van der Waals surface area contributed by atoms with Gasteiger partial charge in [-0.15, -0.1) is 0 Å². The Morgan fingerprint density at radius 2 is 2.22 bits per heavy atom. The van der Waals surface area contributed by atoms with E-state index in [1.807, 2.05) is 0 Å². The molecule has 94 valence electrons. The summed E-state index contributed by atoms with van der Waals surface area (Å²) >= 11 is 9.12. The molecule has 1 aromatic carbocycles. The molecule has 0 atom stereocenters. The second kappa shape index (κ2) is 5.49. The van der Waals surface area contributed by atoms with Crippen LogP contribution in [0.2, 0.25) is 5.02 Å². The van der Waals surface area contributed by atoms with E-state index in [9.17, 15) is 4.39 Å². The van der Waals surface area contributed by atoms with Crippen LogP contribution in [-0.2, 0) is 0 Å². The Balaban J connectivity index is 2.33. The largest absolute Gasteiger partial charge is 0.436 e. The fourth-order valence-corrected chi connectivity index (χ4v) is 1.77. The number of nitrogens with one attached hydrogen (secondary N) is 1. The Kier molecular flexibility index (Phi) is 3.98. The zero-order chi connectivity index (χ0) is 13.1. The van der Waals surface area contributed by atoms with Gasteiger partial charge in [0.25, 0.3) is 0 Å². The molecule has 4 nitrogen and oxygen atoms in total. The van der Waals surface area contributed by atoms with Gasteiger partial charge in [0.1, 0.15) is 16.6 Å². The van der Waals surface area contributed by atoms with Crippen LogP contribution in [0.25, 0.3) is 0 Å². The third-order valence-electron chi connectivity index (χ3n) is 2.04. The number of hydrogen-bond acceptors (Lipinski definition) is 4. The van der Waals surface area contributed by atoms with Crippen molar-refractivity contribution in [1.82, 2.24) is 9.97 Å². The van der Waals surface area contributed by atoms with Crippen molar-refractivity contribution in [1.29, 1.82) is 0 Å². The molecule has 0 aliphatic rings. The molecule has 1 heterocycles. The average molecular weight is 333 g/mol. The molecule has 1 N–H and O–H groups in total. The first-order chi connectivity index (χ1) is 8.60. The molecule has 0 saturated heterocycles. The van der Waals surface area contributed by atoms with Crippen LogP contribution < -0.4 is 10.1 Å². The molecule has 0 amide bonds. The van der Waals surface area contributed by atoms with E-state index in [0.717, 1.165) is 0 Å². The van der Waals surface area contributed by atoms with Crippen molar-refractivity contribution in [2.24, 2.45) is 0 Å². The number of anilines is 1. The summed E-state index contributed by atoms with van der Waals surface area (Å²) < 4.78 is 18.9. The second-order valence-electron chi connectivity index (χ2n) is 3.27. The number of ether oxygens (including phenoxy) is 1. The third kappa shape index (κ3) is 2.88. The first kappa shape index (κ1) is 13.0. The smallest absolute Gasteiger partial charge is 0.243 e.